The summed E-state index contributed by atoms with van der Waals surface area (Å²) in [5, 5.41) is 14.7. The minimum atomic E-state index is -1.38. The molecule has 1 fully saturated rings. The number of amides is 2. The highest BCUT2D eigenvalue weighted by molar-refractivity contribution is 5.92. The maximum Gasteiger partial charge on any atom is 0.330 e. The third kappa shape index (κ3) is 3.65. The van der Waals surface area contributed by atoms with Crippen molar-refractivity contribution in [3.63, 3.8) is 0 Å². The van der Waals surface area contributed by atoms with Crippen LogP contribution in [0.15, 0.2) is 0 Å². The molecule has 2 unspecified atom stereocenters. The Kier molecular flexibility index (Phi) is 5.46. The number of nitrogens with one attached hydrogen (secondary N) is 2. The molecular weight excluding hydrogens is 300 g/mol. The molecule has 1 rings (SSSR count). The molecule has 0 aromatic heterocycles. The first-order chi connectivity index (χ1) is 10.4. The first-order valence-electron chi connectivity index (χ1n) is 7.83. The lowest BCUT2D eigenvalue weighted by Crippen LogP contribution is -2.76. The van der Waals surface area contributed by atoms with Crippen molar-refractivity contribution in [1.82, 2.24) is 10.6 Å². The Morgan fingerprint density at radius 1 is 1.26 bits per heavy atom. The third-order valence-electron chi connectivity index (χ3n) is 4.57. The molecule has 0 aliphatic heterocycles. The Hall–Kier alpha value is -1.63. The summed E-state index contributed by atoms with van der Waals surface area (Å²) in [5.74, 6) is -1.88. The van der Waals surface area contributed by atoms with Crippen LogP contribution in [0.4, 0.5) is 0 Å². The van der Waals surface area contributed by atoms with Gasteiger partial charge < -0.3 is 20.5 Å². The molecule has 7 nitrogen and oxygen atoms in total. The predicted octanol–water partition coefficient (Wildman–Crippen LogP) is 0.923. The third-order valence-corrected chi connectivity index (χ3v) is 4.57. The van der Waals surface area contributed by atoms with Crippen molar-refractivity contribution < 1.29 is 24.2 Å². The maximum atomic E-state index is 12.1. The molecule has 0 heterocycles. The average Bonchev–Trinajstić information content (AvgIpc) is 2.41. The van der Waals surface area contributed by atoms with Crippen LogP contribution < -0.4 is 10.6 Å². The summed E-state index contributed by atoms with van der Waals surface area (Å²) in [6.07, 6.45) is -0.0182. The van der Waals surface area contributed by atoms with E-state index in [0.717, 1.165) is 0 Å². The number of hydrogen-bond donors (Lipinski definition) is 3. The second kappa shape index (κ2) is 6.47. The first-order valence-corrected chi connectivity index (χ1v) is 7.83. The summed E-state index contributed by atoms with van der Waals surface area (Å²) in [6.45, 7) is 10.8. The van der Waals surface area contributed by atoms with Crippen molar-refractivity contribution in [2.75, 3.05) is 13.2 Å². The standard InChI is InChI=1S/C16H28N2O5/c1-7-23-10-8-16(13(21)22,15(10,5)6)18-11(19)9-17-12(20)14(2,3)4/h10H,7-9H2,1-6H3,(H,17,20)(H,18,19)(H,21,22). The van der Waals surface area contributed by atoms with E-state index in [9.17, 15) is 19.5 Å². The maximum absolute atomic E-state index is 12.1. The number of ether oxygens (including phenoxy) is 1. The molecule has 1 aliphatic rings. The zero-order valence-electron chi connectivity index (χ0n) is 14.8. The highest BCUT2D eigenvalue weighted by atomic mass is 16.5. The smallest absolute Gasteiger partial charge is 0.330 e. The van der Waals surface area contributed by atoms with E-state index in [4.69, 9.17) is 4.74 Å². The second-order valence-electron chi connectivity index (χ2n) is 7.56. The molecule has 0 aromatic carbocycles. The summed E-state index contributed by atoms with van der Waals surface area (Å²) in [5.41, 5.74) is -2.73. The van der Waals surface area contributed by atoms with E-state index in [1.165, 1.54) is 0 Å². The lowest BCUT2D eigenvalue weighted by atomic mass is 9.54. The van der Waals surface area contributed by atoms with Gasteiger partial charge in [0.05, 0.1) is 12.6 Å². The van der Waals surface area contributed by atoms with E-state index >= 15 is 0 Å². The largest absolute Gasteiger partial charge is 0.479 e. The van der Waals surface area contributed by atoms with Gasteiger partial charge in [0.1, 0.15) is 5.54 Å². The Morgan fingerprint density at radius 2 is 1.83 bits per heavy atom. The van der Waals surface area contributed by atoms with Crippen LogP contribution in [0.5, 0.6) is 0 Å². The van der Waals surface area contributed by atoms with Crippen LogP contribution in [-0.4, -0.2) is 47.7 Å². The summed E-state index contributed by atoms with van der Waals surface area (Å²) in [6, 6.07) is 0. The molecular formula is C16H28N2O5. The number of carboxylic acid groups (broad SMARTS) is 1. The van der Waals surface area contributed by atoms with Gasteiger partial charge in [-0.25, -0.2) is 4.79 Å². The Labute approximate surface area is 137 Å². The van der Waals surface area contributed by atoms with E-state index in [1.807, 2.05) is 6.92 Å². The average molecular weight is 328 g/mol. The summed E-state index contributed by atoms with van der Waals surface area (Å²) in [4.78, 5) is 35.6. The quantitative estimate of drug-likeness (QED) is 0.672. The van der Waals surface area contributed by atoms with Gasteiger partial charge in [-0.05, 0) is 6.92 Å². The first kappa shape index (κ1) is 19.4. The molecule has 7 heteroatoms. The Morgan fingerprint density at radius 3 is 2.22 bits per heavy atom. The van der Waals surface area contributed by atoms with E-state index in [1.54, 1.807) is 34.6 Å². The van der Waals surface area contributed by atoms with E-state index in [2.05, 4.69) is 10.6 Å². The van der Waals surface area contributed by atoms with Crippen LogP contribution in [0, 0.1) is 10.8 Å². The lowest BCUT2D eigenvalue weighted by Gasteiger charge is -2.58. The molecule has 0 bridgehead atoms. The number of carboxylic acids is 1. The molecule has 1 saturated carbocycles. The summed E-state index contributed by atoms with van der Waals surface area (Å²) < 4.78 is 5.54. The molecule has 0 saturated heterocycles. The minimum absolute atomic E-state index is 0.210. The monoisotopic (exact) mass is 328 g/mol. The molecule has 2 amide bonds. The molecule has 23 heavy (non-hydrogen) atoms. The number of hydrogen-bond acceptors (Lipinski definition) is 4. The van der Waals surface area contributed by atoms with E-state index < -0.39 is 28.2 Å². The van der Waals surface area contributed by atoms with Crippen LogP contribution in [0.1, 0.15) is 48.0 Å². The topological polar surface area (TPSA) is 105 Å². The fourth-order valence-corrected chi connectivity index (χ4v) is 2.74. The van der Waals surface area contributed by atoms with Gasteiger partial charge in [-0.15, -0.1) is 0 Å². The van der Waals surface area contributed by atoms with Crippen molar-refractivity contribution in [3.8, 4) is 0 Å². The van der Waals surface area contributed by atoms with Crippen molar-refractivity contribution >= 4 is 17.8 Å². The highest BCUT2D eigenvalue weighted by Crippen LogP contribution is 2.51. The molecule has 132 valence electrons. The molecule has 0 spiro atoms. The van der Waals surface area contributed by atoms with Crippen LogP contribution in [0.25, 0.3) is 0 Å². The van der Waals surface area contributed by atoms with Crippen molar-refractivity contribution in [2.24, 2.45) is 10.8 Å². The zero-order chi connectivity index (χ0) is 18.1. The van der Waals surface area contributed by atoms with E-state index in [-0.39, 0.29) is 25.0 Å². The van der Waals surface area contributed by atoms with Crippen LogP contribution in [0.2, 0.25) is 0 Å². The fourth-order valence-electron chi connectivity index (χ4n) is 2.74. The molecule has 1 aliphatic carbocycles. The minimum Gasteiger partial charge on any atom is -0.479 e. The second-order valence-corrected chi connectivity index (χ2v) is 7.56. The van der Waals surface area contributed by atoms with Crippen molar-refractivity contribution in [2.45, 2.75) is 59.6 Å². The zero-order valence-corrected chi connectivity index (χ0v) is 14.8. The van der Waals surface area contributed by atoms with Crippen LogP contribution >= 0.6 is 0 Å². The van der Waals surface area contributed by atoms with Gasteiger partial charge >= 0.3 is 5.97 Å². The Bertz CT molecular complexity index is 495. The van der Waals surface area contributed by atoms with Gasteiger partial charge in [0, 0.05) is 23.9 Å². The van der Waals surface area contributed by atoms with Crippen LogP contribution in [0.3, 0.4) is 0 Å². The van der Waals surface area contributed by atoms with Gasteiger partial charge in [0.25, 0.3) is 0 Å². The van der Waals surface area contributed by atoms with Gasteiger partial charge in [-0.3, -0.25) is 9.59 Å². The van der Waals surface area contributed by atoms with Crippen molar-refractivity contribution in [3.05, 3.63) is 0 Å². The Balaban J connectivity index is 2.74. The van der Waals surface area contributed by atoms with Crippen LogP contribution in [-0.2, 0) is 19.1 Å². The predicted molar refractivity (Wildman–Crippen MR) is 84.8 cm³/mol. The van der Waals surface area contributed by atoms with E-state index in [0.29, 0.717) is 6.61 Å². The molecule has 2 atom stereocenters. The normalized spacial score (nSPS) is 26.1. The van der Waals surface area contributed by atoms with Crippen molar-refractivity contribution in [1.29, 1.82) is 0 Å². The number of carbonyl (C=O) groups is 3. The van der Waals surface area contributed by atoms with Gasteiger partial charge in [0.2, 0.25) is 11.8 Å². The van der Waals surface area contributed by atoms with Gasteiger partial charge in [-0.1, -0.05) is 34.6 Å². The molecule has 3 N–H and O–H groups in total. The number of rotatable bonds is 6. The van der Waals surface area contributed by atoms with Gasteiger partial charge in [0.15, 0.2) is 0 Å². The highest BCUT2D eigenvalue weighted by Gasteiger charge is 2.66. The number of carbonyl (C=O) groups excluding carboxylic acids is 2. The van der Waals surface area contributed by atoms with Gasteiger partial charge in [-0.2, -0.15) is 0 Å². The lowest BCUT2D eigenvalue weighted by molar-refractivity contribution is -0.194. The SMILES string of the molecule is CCOC1CC(NC(=O)CNC(=O)C(C)(C)C)(C(=O)O)C1(C)C. The summed E-state index contributed by atoms with van der Waals surface area (Å²) >= 11 is 0. The number of aliphatic carboxylic acids is 1. The fraction of sp³-hybridized carbons (Fsp3) is 0.812. The molecule has 0 radical (unpaired) electrons. The summed E-state index contributed by atoms with van der Waals surface area (Å²) in [7, 11) is 0. The molecule has 0 aromatic rings.